The van der Waals surface area contributed by atoms with E-state index in [2.05, 4.69) is 25.6 Å². The van der Waals surface area contributed by atoms with Gasteiger partial charge < -0.3 is 4.74 Å². The van der Waals surface area contributed by atoms with Crippen LogP contribution in [0.5, 0.6) is 5.75 Å². The highest BCUT2D eigenvalue weighted by molar-refractivity contribution is 5.59. The fourth-order valence-corrected chi connectivity index (χ4v) is 1.42. The van der Waals surface area contributed by atoms with Crippen molar-refractivity contribution in [1.82, 2.24) is 0 Å². The van der Waals surface area contributed by atoms with Gasteiger partial charge in [-0.3, -0.25) is 0 Å². The Labute approximate surface area is 101 Å². The molecule has 0 heterocycles. The zero-order valence-corrected chi connectivity index (χ0v) is 11.8. The van der Waals surface area contributed by atoms with Gasteiger partial charge >= 0.3 is 0 Å². The van der Waals surface area contributed by atoms with Gasteiger partial charge in [0.05, 0.1) is 7.11 Å². The first-order valence-electron chi connectivity index (χ1n) is 5.96. The van der Waals surface area contributed by atoms with Gasteiger partial charge in [-0.15, -0.1) is 0 Å². The molecule has 1 rings (SSSR count). The molecular formula is C15H26O. The smallest absolute Gasteiger partial charge is 0.128 e. The molecule has 0 fully saturated rings. The molecule has 1 nitrogen and oxygen atoms in total. The molecule has 0 saturated heterocycles. The maximum Gasteiger partial charge on any atom is 0.128 e. The summed E-state index contributed by atoms with van der Waals surface area (Å²) in [6.07, 6.45) is 1.82. The Morgan fingerprint density at radius 3 is 1.94 bits per heavy atom. The lowest BCUT2D eigenvalue weighted by Gasteiger charge is -2.09. The number of hydrogen-bond acceptors (Lipinski definition) is 1. The predicted octanol–water partition coefficient (Wildman–Crippen LogP) is 5.01. The Morgan fingerprint density at radius 1 is 1.06 bits per heavy atom. The molecule has 0 aliphatic carbocycles. The van der Waals surface area contributed by atoms with Crippen LogP contribution in [0.1, 0.15) is 44.4 Å². The van der Waals surface area contributed by atoms with E-state index in [1.807, 2.05) is 40.7 Å². The monoisotopic (exact) mass is 222 g/mol. The molecule has 0 amide bonds. The maximum absolute atomic E-state index is 5.25. The van der Waals surface area contributed by atoms with Gasteiger partial charge in [0.1, 0.15) is 5.75 Å². The Bertz CT molecular complexity index is 301. The molecule has 0 bridgehead atoms. The molecule has 0 N–H and O–H groups in total. The highest BCUT2D eigenvalue weighted by Crippen LogP contribution is 2.25. The highest BCUT2D eigenvalue weighted by atomic mass is 16.5. The van der Waals surface area contributed by atoms with Crippen LogP contribution in [0.25, 0.3) is 6.08 Å². The number of benzene rings is 1. The second-order valence-corrected chi connectivity index (χ2v) is 2.91. The fraction of sp³-hybridized carbons (Fsp3) is 0.467. The first-order valence-corrected chi connectivity index (χ1v) is 5.96. The maximum atomic E-state index is 5.25. The summed E-state index contributed by atoms with van der Waals surface area (Å²) in [6.45, 7) is 15.9. The van der Waals surface area contributed by atoms with Crippen LogP contribution in [-0.4, -0.2) is 7.11 Å². The molecule has 0 aliphatic heterocycles. The van der Waals surface area contributed by atoms with E-state index in [4.69, 9.17) is 4.74 Å². The van der Waals surface area contributed by atoms with Crippen LogP contribution in [0, 0.1) is 13.8 Å². The van der Waals surface area contributed by atoms with Crippen molar-refractivity contribution in [3.8, 4) is 5.75 Å². The summed E-state index contributed by atoms with van der Waals surface area (Å²) in [5.41, 5.74) is 3.46. The fourth-order valence-electron chi connectivity index (χ4n) is 1.42. The molecule has 1 aromatic carbocycles. The standard InChI is InChI=1S/C11H14O.2C2H6/c1-5-10-7-8(2)6-9(3)11(10)12-4;2*1-2/h5-7H,1H2,2-4H3;2*1-2H3. The molecule has 0 radical (unpaired) electrons. The van der Waals surface area contributed by atoms with E-state index in [-0.39, 0.29) is 0 Å². The summed E-state index contributed by atoms with van der Waals surface area (Å²) in [7, 11) is 1.69. The molecule has 92 valence electrons. The van der Waals surface area contributed by atoms with E-state index in [9.17, 15) is 0 Å². The molecule has 1 heteroatoms. The van der Waals surface area contributed by atoms with Gasteiger partial charge in [-0.1, -0.05) is 52.0 Å². The van der Waals surface area contributed by atoms with Crippen LogP contribution in [0.15, 0.2) is 18.7 Å². The Kier molecular flexibility index (Phi) is 11.0. The van der Waals surface area contributed by atoms with Crippen molar-refractivity contribution >= 4 is 6.08 Å². The zero-order chi connectivity index (χ0) is 13.1. The van der Waals surface area contributed by atoms with E-state index >= 15 is 0 Å². The second kappa shape index (κ2) is 10.3. The molecule has 0 aliphatic rings. The van der Waals surface area contributed by atoms with Crippen molar-refractivity contribution in [1.29, 1.82) is 0 Å². The number of methoxy groups -OCH3 is 1. The van der Waals surface area contributed by atoms with Gasteiger partial charge in [-0.2, -0.15) is 0 Å². The average molecular weight is 222 g/mol. The lowest BCUT2D eigenvalue weighted by Crippen LogP contribution is -1.91. The molecule has 0 atom stereocenters. The normalized spacial score (nSPS) is 7.94. The molecule has 0 spiro atoms. The van der Waals surface area contributed by atoms with Gasteiger partial charge in [0, 0.05) is 5.56 Å². The van der Waals surface area contributed by atoms with Crippen molar-refractivity contribution in [3.63, 3.8) is 0 Å². The van der Waals surface area contributed by atoms with Crippen molar-refractivity contribution in [2.24, 2.45) is 0 Å². The lowest BCUT2D eigenvalue weighted by atomic mass is 10.1. The molecule has 16 heavy (non-hydrogen) atoms. The Balaban J connectivity index is 0. The number of ether oxygens (including phenoxy) is 1. The molecule has 1 aromatic rings. The van der Waals surface area contributed by atoms with Gasteiger partial charge in [0.2, 0.25) is 0 Å². The Hall–Kier alpha value is -1.24. The highest BCUT2D eigenvalue weighted by Gasteiger charge is 2.03. The third kappa shape index (κ3) is 5.01. The lowest BCUT2D eigenvalue weighted by molar-refractivity contribution is 0.410. The minimum atomic E-state index is 0.926. The van der Waals surface area contributed by atoms with E-state index in [0.29, 0.717) is 0 Å². The number of rotatable bonds is 2. The largest absolute Gasteiger partial charge is 0.496 e. The van der Waals surface area contributed by atoms with Crippen LogP contribution in [0.3, 0.4) is 0 Å². The van der Waals surface area contributed by atoms with E-state index in [1.54, 1.807) is 7.11 Å². The number of hydrogen-bond donors (Lipinski definition) is 0. The van der Waals surface area contributed by atoms with Crippen molar-refractivity contribution in [2.45, 2.75) is 41.5 Å². The number of aryl methyl sites for hydroxylation is 2. The third-order valence-corrected chi connectivity index (χ3v) is 1.87. The quantitative estimate of drug-likeness (QED) is 0.683. The van der Waals surface area contributed by atoms with Crippen molar-refractivity contribution < 1.29 is 4.74 Å². The summed E-state index contributed by atoms with van der Waals surface area (Å²) in [5.74, 6) is 0.926. The summed E-state index contributed by atoms with van der Waals surface area (Å²) in [5, 5.41) is 0. The second-order valence-electron chi connectivity index (χ2n) is 2.91. The summed E-state index contributed by atoms with van der Waals surface area (Å²) >= 11 is 0. The average Bonchev–Trinajstić information content (AvgIpc) is 2.33. The van der Waals surface area contributed by atoms with E-state index < -0.39 is 0 Å². The zero-order valence-electron chi connectivity index (χ0n) is 11.8. The Morgan fingerprint density at radius 2 is 1.56 bits per heavy atom. The van der Waals surface area contributed by atoms with Gasteiger partial charge in [-0.05, 0) is 25.5 Å². The summed E-state index contributed by atoms with van der Waals surface area (Å²) < 4.78 is 5.25. The van der Waals surface area contributed by atoms with E-state index in [1.165, 1.54) is 5.56 Å². The third-order valence-electron chi connectivity index (χ3n) is 1.87. The first kappa shape index (κ1) is 17.2. The SMILES string of the molecule is C=Cc1cc(C)cc(C)c1OC.CC.CC. The van der Waals surface area contributed by atoms with Crippen LogP contribution >= 0.6 is 0 Å². The molecule has 0 aromatic heterocycles. The van der Waals surface area contributed by atoms with Crippen LogP contribution < -0.4 is 4.74 Å². The minimum absolute atomic E-state index is 0.926. The van der Waals surface area contributed by atoms with Crippen LogP contribution in [0.4, 0.5) is 0 Å². The predicted molar refractivity (Wildman–Crippen MR) is 75.3 cm³/mol. The topological polar surface area (TPSA) is 9.23 Å². The minimum Gasteiger partial charge on any atom is -0.496 e. The molecule has 0 saturated carbocycles. The summed E-state index contributed by atoms with van der Waals surface area (Å²) in [4.78, 5) is 0. The van der Waals surface area contributed by atoms with Crippen LogP contribution in [-0.2, 0) is 0 Å². The van der Waals surface area contributed by atoms with Crippen molar-refractivity contribution in [2.75, 3.05) is 7.11 Å². The summed E-state index contributed by atoms with van der Waals surface area (Å²) in [6, 6.07) is 4.17. The van der Waals surface area contributed by atoms with Gasteiger partial charge in [-0.25, -0.2) is 0 Å². The van der Waals surface area contributed by atoms with E-state index in [0.717, 1.165) is 16.9 Å². The molecule has 0 unspecified atom stereocenters. The molecular weight excluding hydrogens is 196 g/mol. The van der Waals surface area contributed by atoms with Gasteiger partial charge in [0.15, 0.2) is 0 Å². The van der Waals surface area contributed by atoms with Crippen LogP contribution in [0.2, 0.25) is 0 Å². The first-order chi connectivity index (χ1) is 7.69. The van der Waals surface area contributed by atoms with Crippen molar-refractivity contribution in [3.05, 3.63) is 35.4 Å². The van der Waals surface area contributed by atoms with Gasteiger partial charge in [0.25, 0.3) is 0 Å².